The fourth-order valence-electron chi connectivity index (χ4n) is 2.54. The summed E-state index contributed by atoms with van der Waals surface area (Å²) in [5.74, 6) is -0.118. The topological polar surface area (TPSA) is 42.0 Å². The van der Waals surface area contributed by atoms with Gasteiger partial charge in [0.2, 0.25) is 0 Å². The van der Waals surface area contributed by atoms with E-state index in [9.17, 15) is 9.18 Å². The first-order valence-corrected chi connectivity index (χ1v) is 7.39. The van der Waals surface area contributed by atoms with Crippen molar-refractivity contribution in [2.45, 2.75) is 6.10 Å². The molecule has 2 saturated heterocycles. The van der Waals surface area contributed by atoms with E-state index in [-0.39, 0.29) is 17.8 Å². The number of alkyl halides is 1. The molecule has 0 radical (unpaired) electrons. The Bertz CT molecular complexity index is 537. The van der Waals surface area contributed by atoms with E-state index in [0.717, 1.165) is 0 Å². The average molecular weight is 315 g/mol. The van der Waals surface area contributed by atoms with Gasteiger partial charge in [-0.15, -0.1) is 11.6 Å². The van der Waals surface area contributed by atoms with E-state index in [1.807, 2.05) is 4.90 Å². The van der Waals surface area contributed by atoms with Crippen LogP contribution in [0.1, 0.15) is 0 Å². The van der Waals surface area contributed by atoms with Crippen LogP contribution in [0.25, 0.3) is 0 Å². The maximum atomic E-state index is 14.3. The Morgan fingerprint density at radius 2 is 2.10 bits per heavy atom. The third-order valence-electron chi connectivity index (χ3n) is 3.64. The van der Waals surface area contributed by atoms with Gasteiger partial charge in [-0.1, -0.05) is 0 Å². The van der Waals surface area contributed by atoms with Crippen molar-refractivity contribution in [3.8, 4) is 0 Å². The van der Waals surface area contributed by atoms with Gasteiger partial charge in [0.1, 0.15) is 11.9 Å². The molecule has 2 heterocycles. The first kappa shape index (κ1) is 14.4. The minimum absolute atomic E-state index is 0.233. The minimum atomic E-state index is -0.487. The van der Waals surface area contributed by atoms with Gasteiger partial charge < -0.3 is 14.4 Å². The lowest BCUT2D eigenvalue weighted by molar-refractivity contribution is 0.122. The van der Waals surface area contributed by atoms with Gasteiger partial charge in [-0.05, 0) is 18.2 Å². The summed E-state index contributed by atoms with van der Waals surface area (Å²) in [6.07, 6.45) is -0.833. The fraction of sp³-hybridized carbons (Fsp3) is 0.500. The highest BCUT2D eigenvalue weighted by Crippen LogP contribution is 2.28. The van der Waals surface area contributed by atoms with Gasteiger partial charge in [-0.2, -0.15) is 0 Å². The summed E-state index contributed by atoms with van der Waals surface area (Å²) in [5.41, 5.74) is 1.02. The molecule has 1 atom stereocenters. The lowest BCUT2D eigenvalue weighted by Gasteiger charge is -2.29. The number of halogens is 2. The highest BCUT2D eigenvalue weighted by molar-refractivity contribution is 6.18. The summed E-state index contributed by atoms with van der Waals surface area (Å²) in [5, 5.41) is 0. The summed E-state index contributed by atoms with van der Waals surface area (Å²) in [6, 6.07) is 4.78. The van der Waals surface area contributed by atoms with E-state index in [1.165, 1.54) is 11.0 Å². The van der Waals surface area contributed by atoms with Crippen molar-refractivity contribution in [1.82, 2.24) is 0 Å². The normalized spacial score (nSPS) is 22.6. The molecule has 0 spiro atoms. The Labute approximate surface area is 127 Å². The second-order valence-corrected chi connectivity index (χ2v) is 5.31. The quantitative estimate of drug-likeness (QED) is 0.802. The van der Waals surface area contributed by atoms with E-state index in [4.69, 9.17) is 21.1 Å². The number of rotatable bonds is 3. The van der Waals surface area contributed by atoms with Crippen LogP contribution in [0.2, 0.25) is 0 Å². The highest BCUT2D eigenvalue weighted by Gasteiger charge is 2.32. The van der Waals surface area contributed by atoms with E-state index in [2.05, 4.69) is 0 Å². The van der Waals surface area contributed by atoms with Crippen molar-refractivity contribution < 1.29 is 18.7 Å². The van der Waals surface area contributed by atoms with Crippen LogP contribution in [0.5, 0.6) is 0 Å². The van der Waals surface area contributed by atoms with Crippen LogP contribution >= 0.6 is 11.6 Å². The smallest absolute Gasteiger partial charge is 0.414 e. The lowest BCUT2D eigenvalue weighted by Crippen LogP contribution is -2.36. The van der Waals surface area contributed by atoms with Gasteiger partial charge in [0, 0.05) is 13.1 Å². The van der Waals surface area contributed by atoms with Crippen LogP contribution in [0.15, 0.2) is 18.2 Å². The summed E-state index contributed by atoms with van der Waals surface area (Å²) in [6.45, 7) is 2.86. The number of benzene rings is 1. The summed E-state index contributed by atoms with van der Waals surface area (Å²) < 4.78 is 24.6. The standard InChI is InChI=1S/C14H16ClFN2O3/c15-8-11-9-18(14(19)21-11)10-1-2-13(12(16)7-10)17-3-5-20-6-4-17/h1-2,7,11H,3-6,8-9H2/t11-/m1/s1. The highest BCUT2D eigenvalue weighted by atomic mass is 35.5. The zero-order valence-electron chi connectivity index (χ0n) is 11.4. The van der Waals surface area contributed by atoms with Gasteiger partial charge >= 0.3 is 6.09 Å². The number of hydrogen-bond donors (Lipinski definition) is 0. The third kappa shape index (κ3) is 2.91. The Hall–Kier alpha value is -1.53. The van der Waals surface area contributed by atoms with Crippen molar-refractivity contribution in [3.05, 3.63) is 24.0 Å². The summed E-state index contributed by atoms with van der Waals surface area (Å²) in [7, 11) is 0. The molecule has 21 heavy (non-hydrogen) atoms. The number of morpholine rings is 1. The molecule has 2 aliphatic rings. The predicted octanol–water partition coefficient (Wildman–Crippen LogP) is 2.23. The SMILES string of the molecule is O=C1O[C@H](CCl)CN1c1ccc(N2CCOCC2)c(F)c1. The zero-order chi connectivity index (χ0) is 14.8. The van der Waals surface area contributed by atoms with Gasteiger partial charge in [-0.25, -0.2) is 9.18 Å². The van der Waals surface area contributed by atoms with Gasteiger partial charge in [0.25, 0.3) is 0 Å². The molecule has 114 valence electrons. The van der Waals surface area contributed by atoms with Crippen LogP contribution < -0.4 is 9.80 Å². The predicted molar refractivity (Wildman–Crippen MR) is 77.8 cm³/mol. The van der Waals surface area contributed by atoms with Crippen LogP contribution in [-0.2, 0) is 9.47 Å². The first-order valence-electron chi connectivity index (χ1n) is 6.85. The Morgan fingerprint density at radius 3 is 2.71 bits per heavy atom. The third-order valence-corrected chi connectivity index (χ3v) is 3.99. The van der Waals surface area contributed by atoms with Crippen LogP contribution in [0, 0.1) is 5.82 Å². The first-order chi connectivity index (χ1) is 10.2. The molecule has 1 aromatic rings. The molecule has 0 aliphatic carbocycles. The van der Waals surface area contributed by atoms with Crippen molar-refractivity contribution in [2.24, 2.45) is 0 Å². The Balaban J connectivity index is 1.79. The number of amides is 1. The molecule has 1 amide bonds. The number of carbonyl (C=O) groups is 1. The number of nitrogens with zero attached hydrogens (tertiary/aromatic N) is 2. The molecule has 2 fully saturated rings. The molecule has 3 rings (SSSR count). The molecule has 1 aromatic carbocycles. The zero-order valence-corrected chi connectivity index (χ0v) is 12.2. The minimum Gasteiger partial charge on any atom is -0.443 e. The largest absolute Gasteiger partial charge is 0.443 e. The molecule has 0 saturated carbocycles. The Morgan fingerprint density at radius 1 is 1.33 bits per heavy atom. The van der Waals surface area contributed by atoms with E-state index in [0.29, 0.717) is 44.2 Å². The second kappa shape index (κ2) is 6.07. The van der Waals surface area contributed by atoms with Gasteiger partial charge in [-0.3, -0.25) is 4.90 Å². The molecule has 0 N–H and O–H groups in total. The molecule has 7 heteroatoms. The summed E-state index contributed by atoms with van der Waals surface area (Å²) >= 11 is 5.69. The fourth-order valence-corrected chi connectivity index (χ4v) is 2.70. The van der Waals surface area contributed by atoms with Gasteiger partial charge in [0.05, 0.1) is 37.0 Å². The van der Waals surface area contributed by atoms with E-state index in [1.54, 1.807) is 12.1 Å². The van der Waals surface area contributed by atoms with Crippen LogP contribution in [-0.4, -0.2) is 50.9 Å². The molecular formula is C14H16ClFN2O3. The van der Waals surface area contributed by atoms with Crippen molar-refractivity contribution in [1.29, 1.82) is 0 Å². The summed E-state index contributed by atoms with van der Waals surface area (Å²) in [4.78, 5) is 15.1. The lowest BCUT2D eigenvalue weighted by atomic mass is 10.2. The maximum Gasteiger partial charge on any atom is 0.414 e. The Kier molecular flexibility index (Phi) is 4.17. The average Bonchev–Trinajstić information content (AvgIpc) is 2.89. The van der Waals surface area contributed by atoms with E-state index >= 15 is 0 Å². The van der Waals surface area contributed by atoms with Crippen LogP contribution in [0.4, 0.5) is 20.6 Å². The van der Waals surface area contributed by atoms with Crippen molar-refractivity contribution in [2.75, 3.05) is 48.5 Å². The number of cyclic esters (lactones) is 1. The molecule has 5 nitrogen and oxygen atoms in total. The van der Waals surface area contributed by atoms with E-state index < -0.39 is 6.09 Å². The molecule has 2 aliphatic heterocycles. The molecule has 0 unspecified atom stereocenters. The number of ether oxygens (including phenoxy) is 2. The van der Waals surface area contributed by atoms with Crippen LogP contribution in [0.3, 0.4) is 0 Å². The van der Waals surface area contributed by atoms with Gasteiger partial charge in [0.15, 0.2) is 0 Å². The number of carbonyl (C=O) groups excluding carboxylic acids is 1. The van der Waals surface area contributed by atoms with Crippen molar-refractivity contribution in [3.63, 3.8) is 0 Å². The monoisotopic (exact) mass is 314 g/mol. The maximum absolute atomic E-state index is 14.3. The number of anilines is 2. The molecule has 0 bridgehead atoms. The molecule has 0 aromatic heterocycles. The molecular weight excluding hydrogens is 299 g/mol. The second-order valence-electron chi connectivity index (χ2n) is 5.01. The van der Waals surface area contributed by atoms with Crippen molar-refractivity contribution >= 4 is 29.1 Å². The number of hydrogen-bond acceptors (Lipinski definition) is 4.